The molecule has 3 rings (SSSR count). The lowest BCUT2D eigenvalue weighted by molar-refractivity contribution is -0.123. The number of hydrogen-bond acceptors (Lipinski definition) is 4. The number of anilines is 2. The maximum Gasteiger partial charge on any atom is 0.414 e. The van der Waals surface area contributed by atoms with Gasteiger partial charge in [-0.3, -0.25) is 9.69 Å². The molecule has 1 aromatic rings. The van der Waals surface area contributed by atoms with Gasteiger partial charge < -0.3 is 15.4 Å². The van der Waals surface area contributed by atoms with E-state index in [1.54, 1.807) is 19.1 Å². The van der Waals surface area contributed by atoms with E-state index >= 15 is 0 Å². The standard InChI is InChI=1S/C17H22FN3O3/c1-11(16(19)22)15-10-21(17(23)24-15)12-5-6-14(13(18)9-12)20-7-3-2-4-8-20/h5-6,9,11,15H,2-4,7-8,10H2,1H3,(H2,19,22)/t11-,15?/m0/s1. The minimum absolute atomic E-state index is 0.186. The Morgan fingerprint density at radius 2 is 2.04 bits per heavy atom. The van der Waals surface area contributed by atoms with E-state index in [9.17, 15) is 14.0 Å². The summed E-state index contributed by atoms with van der Waals surface area (Å²) in [5.74, 6) is -1.47. The van der Waals surface area contributed by atoms with Crippen molar-refractivity contribution >= 4 is 23.4 Å². The largest absolute Gasteiger partial charge is 0.443 e. The molecule has 2 aliphatic rings. The molecule has 2 amide bonds. The number of cyclic esters (lactones) is 1. The van der Waals surface area contributed by atoms with Crippen LogP contribution in [0, 0.1) is 11.7 Å². The maximum absolute atomic E-state index is 14.5. The number of nitrogens with zero attached hydrogens (tertiary/aromatic N) is 2. The Hall–Kier alpha value is -2.31. The van der Waals surface area contributed by atoms with Gasteiger partial charge in [0.25, 0.3) is 0 Å². The summed E-state index contributed by atoms with van der Waals surface area (Å²) in [5.41, 5.74) is 6.25. The first kappa shape index (κ1) is 16.5. The molecule has 0 aliphatic carbocycles. The van der Waals surface area contributed by atoms with E-state index < -0.39 is 24.0 Å². The van der Waals surface area contributed by atoms with Crippen LogP contribution in [0.15, 0.2) is 18.2 Å². The Balaban J connectivity index is 1.76. The van der Waals surface area contributed by atoms with Crippen molar-refractivity contribution in [1.82, 2.24) is 0 Å². The zero-order chi connectivity index (χ0) is 17.3. The monoisotopic (exact) mass is 335 g/mol. The number of halogens is 1. The highest BCUT2D eigenvalue weighted by Crippen LogP contribution is 2.30. The second kappa shape index (κ2) is 6.67. The molecule has 130 valence electrons. The number of primary amides is 1. The quantitative estimate of drug-likeness (QED) is 0.916. The molecule has 2 aliphatic heterocycles. The SMILES string of the molecule is C[C@H](C(N)=O)C1CN(c2ccc(N3CCCCC3)c(F)c2)C(=O)O1. The molecule has 2 atom stereocenters. The Labute approximate surface area is 140 Å². The smallest absolute Gasteiger partial charge is 0.414 e. The van der Waals surface area contributed by atoms with Gasteiger partial charge in [0, 0.05) is 13.1 Å². The van der Waals surface area contributed by atoms with Crippen LogP contribution >= 0.6 is 0 Å². The van der Waals surface area contributed by atoms with E-state index in [1.165, 1.54) is 17.4 Å². The van der Waals surface area contributed by atoms with Gasteiger partial charge in [-0.05, 0) is 44.4 Å². The number of ether oxygens (including phenoxy) is 1. The summed E-state index contributed by atoms with van der Waals surface area (Å²) in [7, 11) is 0. The van der Waals surface area contributed by atoms with Gasteiger partial charge in [0.15, 0.2) is 0 Å². The van der Waals surface area contributed by atoms with Gasteiger partial charge in [0.1, 0.15) is 11.9 Å². The zero-order valence-corrected chi connectivity index (χ0v) is 13.7. The van der Waals surface area contributed by atoms with Crippen LogP contribution in [0.4, 0.5) is 20.6 Å². The number of piperidine rings is 1. The highest BCUT2D eigenvalue weighted by atomic mass is 19.1. The molecule has 0 aromatic heterocycles. The molecule has 24 heavy (non-hydrogen) atoms. The van der Waals surface area contributed by atoms with Crippen molar-refractivity contribution in [2.45, 2.75) is 32.3 Å². The van der Waals surface area contributed by atoms with Gasteiger partial charge in [0.05, 0.1) is 23.8 Å². The molecule has 0 radical (unpaired) electrons. The van der Waals surface area contributed by atoms with E-state index in [0.29, 0.717) is 11.4 Å². The molecule has 2 N–H and O–H groups in total. The summed E-state index contributed by atoms with van der Waals surface area (Å²) in [6.07, 6.45) is 2.10. The topological polar surface area (TPSA) is 75.9 Å². The molecule has 0 spiro atoms. The van der Waals surface area contributed by atoms with Gasteiger partial charge in [-0.25, -0.2) is 9.18 Å². The summed E-state index contributed by atoms with van der Waals surface area (Å²) in [6.45, 7) is 3.50. The van der Waals surface area contributed by atoms with Crippen LogP contribution in [-0.4, -0.2) is 37.7 Å². The molecule has 2 saturated heterocycles. The lowest BCUT2D eigenvalue weighted by Gasteiger charge is -2.29. The first-order valence-electron chi connectivity index (χ1n) is 8.29. The van der Waals surface area contributed by atoms with Gasteiger partial charge >= 0.3 is 6.09 Å². The number of carbonyl (C=O) groups excluding carboxylic acids is 2. The summed E-state index contributed by atoms with van der Waals surface area (Å²) in [6, 6.07) is 4.77. The molecule has 1 aromatic carbocycles. The second-order valence-electron chi connectivity index (χ2n) is 6.41. The molecular weight excluding hydrogens is 313 g/mol. The van der Waals surface area contributed by atoms with Crippen LogP contribution in [-0.2, 0) is 9.53 Å². The number of nitrogens with two attached hydrogens (primary N) is 1. The first-order valence-corrected chi connectivity index (χ1v) is 8.29. The molecule has 2 heterocycles. The molecule has 0 bridgehead atoms. The van der Waals surface area contributed by atoms with Crippen LogP contribution < -0.4 is 15.5 Å². The molecule has 7 heteroatoms. The minimum Gasteiger partial charge on any atom is -0.443 e. The third-order valence-corrected chi connectivity index (χ3v) is 4.78. The lowest BCUT2D eigenvalue weighted by Crippen LogP contribution is -2.34. The Bertz CT molecular complexity index is 646. The van der Waals surface area contributed by atoms with Crippen molar-refractivity contribution in [3.8, 4) is 0 Å². The number of benzene rings is 1. The fourth-order valence-electron chi connectivity index (χ4n) is 3.19. The van der Waals surface area contributed by atoms with Gasteiger partial charge in [-0.15, -0.1) is 0 Å². The average molecular weight is 335 g/mol. The third kappa shape index (κ3) is 3.16. The Morgan fingerprint density at radius 1 is 1.33 bits per heavy atom. The zero-order valence-electron chi connectivity index (χ0n) is 13.7. The van der Waals surface area contributed by atoms with Crippen LogP contribution in [0.1, 0.15) is 26.2 Å². The second-order valence-corrected chi connectivity index (χ2v) is 6.41. The van der Waals surface area contributed by atoms with Gasteiger partial charge in [0.2, 0.25) is 5.91 Å². The normalized spacial score (nSPS) is 22.4. The van der Waals surface area contributed by atoms with Gasteiger partial charge in [-0.1, -0.05) is 0 Å². The van der Waals surface area contributed by atoms with Crippen LogP contribution in [0.25, 0.3) is 0 Å². The average Bonchev–Trinajstić information content (AvgIpc) is 2.96. The summed E-state index contributed by atoms with van der Waals surface area (Å²) >= 11 is 0. The first-order chi connectivity index (χ1) is 11.5. The van der Waals surface area contributed by atoms with E-state index in [4.69, 9.17) is 10.5 Å². The van der Waals surface area contributed by atoms with Crippen molar-refractivity contribution in [3.63, 3.8) is 0 Å². The fourth-order valence-corrected chi connectivity index (χ4v) is 3.19. The number of amides is 2. The van der Waals surface area contributed by atoms with Crippen molar-refractivity contribution in [2.24, 2.45) is 11.7 Å². The van der Waals surface area contributed by atoms with Crippen LogP contribution in [0.3, 0.4) is 0 Å². The summed E-state index contributed by atoms with van der Waals surface area (Å²) in [5, 5.41) is 0. The van der Waals surface area contributed by atoms with Crippen molar-refractivity contribution in [1.29, 1.82) is 0 Å². The Morgan fingerprint density at radius 3 is 2.67 bits per heavy atom. The van der Waals surface area contributed by atoms with Crippen molar-refractivity contribution < 1.29 is 18.7 Å². The van der Waals surface area contributed by atoms with E-state index in [-0.39, 0.29) is 12.4 Å². The number of hydrogen-bond donors (Lipinski definition) is 1. The van der Waals surface area contributed by atoms with Crippen LogP contribution in [0.5, 0.6) is 0 Å². The molecule has 0 saturated carbocycles. The molecule has 6 nitrogen and oxygen atoms in total. The summed E-state index contributed by atoms with van der Waals surface area (Å²) in [4.78, 5) is 26.7. The molecule has 2 fully saturated rings. The number of carbonyl (C=O) groups is 2. The van der Waals surface area contributed by atoms with E-state index in [2.05, 4.69) is 0 Å². The van der Waals surface area contributed by atoms with Gasteiger partial charge in [-0.2, -0.15) is 0 Å². The predicted molar refractivity (Wildman–Crippen MR) is 88.4 cm³/mol. The highest BCUT2D eigenvalue weighted by molar-refractivity contribution is 5.91. The minimum atomic E-state index is -0.611. The lowest BCUT2D eigenvalue weighted by atomic mass is 10.0. The fraction of sp³-hybridized carbons (Fsp3) is 0.529. The summed E-state index contributed by atoms with van der Waals surface area (Å²) < 4.78 is 19.7. The van der Waals surface area contributed by atoms with Crippen LogP contribution in [0.2, 0.25) is 0 Å². The number of rotatable bonds is 4. The van der Waals surface area contributed by atoms with E-state index in [0.717, 1.165) is 25.9 Å². The highest BCUT2D eigenvalue weighted by Gasteiger charge is 2.38. The van der Waals surface area contributed by atoms with Crippen molar-refractivity contribution in [2.75, 3.05) is 29.4 Å². The maximum atomic E-state index is 14.5. The third-order valence-electron chi connectivity index (χ3n) is 4.78. The molecule has 1 unspecified atom stereocenters. The predicted octanol–water partition coefficient (Wildman–Crippen LogP) is 2.26. The van der Waals surface area contributed by atoms with E-state index in [1.807, 2.05) is 4.90 Å². The van der Waals surface area contributed by atoms with Crippen molar-refractivity contribution in [3.05, 3.63) is 24.0 Å². The Kier molecular flexibility index (Phi) is 4.59. The molecular formula is C17H22FN3O3.